The lowest BCUT2D eigenvalue weighted by atomic mass is 9.57. The Hall–Kier alpha value is -0.310. The number of sulfone groups is 1. The van der Waals surface area contributed by atoms with E-state index in [-0.39, 0.29) is 27.4 Å². The summed E-state index contributed by atoms with van der Waals surface area (Å²) in [5, 5.41) is -0.186. The molecule has 0 N–H and O–H groups in total. The topological polar surface area (TPSA) is 34.1 Å². The third kappa shape index (κ3) is 1.26. The van der Waals surface area contributed by atoms with Gasteiger partial charge in [-0.15, -0.1) is 0 Å². The molecule has 4 aliphatic rings. The molecule has 1 unspecified atom stereocenters. The Bertz CT molecular complexity index is 721. The van der Waals surface area contributed by atoms with E-state index in [1.54, 1.807) is 0 Å². The van der Waals surface area contributed by atoms with Crippen LogP contribution in [-0.4, -0.2) is 18.4 Å². The largest absolute Gasteiger partial charge is 0.228 e. The summed E-state index contributed by atoms with van der Waals surface area (Å²) >= 11 is 0. The average Bonchev–Trinajstić information content (AvgIpc) is 2.96. The van der Waals surface area contributed by atoms with Crippen LogP contribution in [0.15, 0.2) is 11.1 Å². The first-order valence-electron chi connectivity index (χ1n) is 9.32. The van der Waals surface area contributed by atoms with Gasteiger partial charge in [0.15, 0.2) is 9.84 Å². The molecule has 0 amide bonds. The zero-order valence-corrected chi connectivity index (χ0v) is 16.6. The highest BCUT2D eigenvalue weighted by Crippen LogP contribution is 2.77. The number of allylic oxidation sites excluding steroid dienone is 1. The second kappa shape index (κ2) is 3.92. The maximum absolute atomic E-state index is 13.9. The minimum absolute atomic E-state index is 0.0147. The number of rotatable bonds is 1. The molecule has 4 atom stereocenters. The summed E-state index contributed by atoms with van der Waals surface area (Å²) in [7, 11) is -3.17. The van der Waals surface area contributed by atoms with Crippen LogP contribution in [0.25, 0.3) is 0 Å². The fourth-order valence-corrected chi connectivity index (χ4v) is 11.8. The molecule has 1 heterocycles. The van der Waals surface area contributed by atoms with Gasteiger partial charge in [-0.05, 0) is 69.1 Å². The zero-order valence-electron chi connectivity index (χ0n) is 15.8. The third-order valence-corrected chi connectivity index (χ3v) is 13.4. The second-order valence-corrected chi connectivity index (χ2v) is 12.3. The number of fused-ring (bicyclic) bond motifs is 4. The maximum atomic E-state index is 13.9. The molecule has 4 bridgehead atoms. The van der Waals surface area contributed by atoms with Gasteiger partial charge >= 0.3 is 0 Å². The van der Waals surface area contributed by atoms with Crippen molar-refractivity contribution in [1.82, 2.24) is 0 Å². The van der Waals surface area contributed by atoms with Gasteiger partial charge in [0.25, 0.3) is 0 Å². The highest BCUT2D eigenvalue weighted by atomic mass is 32.2. The van der Waals surface area contributed by atoms with E-state index in [4.69, 9.17) is 0 Å². The summed E-state index contributed by atoms with van der Waals surface area (Å²) in [6, 6.07) is 0. The predicted molar refractivity (Wildman–Crippen MR) is 94.9 cm³/mol. The molecule has 0 aromatic carbocycles. The molecule has 3 fully saturated rings. The highest BCUT2D eigenvalue weighted by Gasteiger charge is 2.79. The molecule has 0 aromatic heterocycles. The van der Waals surface area contributed by atoms with Crippen LogP contribution in [0.3, 0.4) is 0 Å². The van der Waals surface area contributed by atoms with Crippen molar-refractivity contribution in [3.63, 3.8) is 0 Å². The van der Waals surface area contributed by atoms with Crippen molar-refractivity contribution >= 4 is 9.84 Å². The Morgan fingerprint density at radius 1 is 0.957 bits per heavy atom. The van der Waals surface area contributed by atoms with E-state index in [0.717, 1.165) is 18.4 Å². The van der Waals surface area contributed by atoms with Gasteiger partial charge in [-0.25, -0.2) is 8.42 Å². The van der Waals surface area contributed by atoms with Crippen LogP contribution < -0.4 is 0 Å². The molecule has 130 valence electrons. The molecule has 2 nitrogen and oxygen atoms in total. The van der Waals surface area contributed by atoms with Crippen LogP contribution >= 0.6 is 0 Å². The van der Waals surface area contributed by atoms with Gasteiger partial charge in [0.05, 0.1) is 10.00 Å². The van der Waals surface area contributed by atoms with Gasteiger partial charge in [0.2, 0.25) is 0 Å². The van der Waals surface area contributed by atoms with Crippen molar-refractivity contribution in [3.8, 4) is 0 Å². The Labute approximate surface area is 142 Å². The van der Waals surface area contributed by atoms with Gasteiger partial charge in [-0.1, -0.05) is 38.8 Å². The minimum atomic E-state index is -3.17. The van der Waals surface area contributed by atoms with Gasteiger partial charge < -0.3 is 0 Å². The summed E-state index contributed by atoms with van der Waals surface area (Å²) in [5.74, 6) is 0.906. The van der Waals surface area contributed by atoms with E-state index in [2.05, 4.69) is 41.5 Å². The van der Waals surface area contributed by atoms with Crippen LogP contribution in [0, 0.1) is 28.1 Å². The summed E-state index contributed by atoms with van der Waals surface area (Å²) in [6.07, 6.45) is 4.67. The van der Waals surface area contributed by atoms with Crippen molar-refractivity contribution in [3.05, 3.63) is 11.1 Å². The molecule has 23 heavy (non-hydrogen) atoms. The lowest BCUT2D eigenvalue weighted by molar-refractivity contribution is 0.0684. The van der Waals surface area contributed by atoms with Crippen molar-refractivity contribution < 1.29 is 8.42 Å². The molecular formula is C20H32O2S. The van der Waals surface area contributed by atoms with Crippen LogP contribution in [0.5, 0.6) is 0 Å². The molecule has 0 spiro atoms. The molecule has 0 radical (unpaired) electrons. The first-order valence-corrected chi connectivity index (χ1v) is 10.9. The first kappa shape index (κ1) is 16.2. The Kier molecular flexibility index (Phi) is 2.75. The van der Waals surface area contributed by atoms with Crippen molar-refractivity contribution in [2.75, 3.05) is 0 Å². The van der Waals surface area contributed by atoms with E-state index < -0.39 is 14.6 Å². The SMILES string of the molecule is CC1=C(C)[C@]2(C)C(C)[C@@]1(C)S(=O)(=O)[C@H]2C12CCC(CC1)C2(C)C. The van der Waals surface area contributed by atoms with E-state index in [1.165, 1.54) is 18.4 Å². The molecule has 1 aliphatic heterocycles. The van der Waals surface area contributed by atoms with E-state index in [9.17, 15) is 8.42 Å². The zero-order chi connectivity index (χ0) is 17.2. The molecule has 3 aliphatic carbocycles. The molecule has 2 saturated carbocycles. The number of hydrogen-bond acceptors (Lipinski definition) is 2. The summed E-state index contributed by atoms with van der Waals surface area (Å²) in [4.78, 5) is 0. The molecule has 1 saturated heterocycles. The quantitative estimate of drug-likeness (QED) is 0.648. The monoisotopic (exact) mass is 336 g/mol. The fourth-order valence-electron chi connectivity index (χ4n) is 7.83. The number of hydrogen-bond donors (Lipinski definition) is 0. The smallest absolute Gasteiger partial charge is 0.164 e. The van der Waals surface area contributed by atoms with E-state index in [1.807, 2.05) is 6.92 Å². The van der Waals surface area contributed by atoms with Gasteiger partial charge in [-0.2, -0.15) is 0 Å². The van der Waals surface area contributed by atoms with Crippen LogP contribution in [0.4, 0.5) is 0 Å². The molecule has 4 rings (SSSR count). The van der Waals surface area contributed by atoms with Crippen LogP contribution in [0.2, 0.25) is 0 Å². The summed E-state index contributed by atoms with van der Waals surface area (Å²) in [5.41, 5.74) is 2.45. The fraction of sp³-hybridized carbons (Fsp3) is 0.900. The summed E-state index contributed by atoms with van der Waals surface area (Å²) < 4.78 is 27.1. The molecule has 0 aromatic rings. The molecular weight excluding hydrogens is 304 g/mol. The standard InChI is InChI=1S/C20H32O2S/c1-12-13(2)19(7)14(3)18(12,6)16(23(19,21)22)20-10-8-15(9-11-20)17(20,4)5/h14-16H,8-11H2,1-7H3/t14?,15?,16-,18-,19+,20?/m1/s1. The average molecular weight is 337 g/mol. The van der Waals surface area contributed by atoms with Gasteiger partial charge in [0.1, 0.15) is 0 Å². The molecule has 3 heteroatoms. The second-order valence-electron chi connectivity index (χ2n) is 9.94. The highest BCUT2D eigenvalue weighted by molar-refractivity contribution is 7.94. The van der Waals surface area contributed by atoms with E-state index in [0.29, 0.717) is 5.92 Å². The lowest BCUT2D eigenvalue weighted by Gasteiger charge is -2.50. The van der Waals surface area contributed by atoms with Crippen LogP contribution in [-0.2, 0) is 9.84 Å². The summed E-state index contributed by atoms with van der Waals surface area (Å²) in [6.45, 7) is 15.5. The lowest BCUT2D eigenvalue weighted by Crippen LogP contribution is -2.54. The Balaban J connectivity index is 2.02. The van der Waals surface area contributed by atoms with E-state index >= 15 is 0 Å². The van der Waals surface area contributed by atoms with Crippen LogP contribution in [0.1, 0.15) is 74.1 Å². The van der Waals surface area contributed by atoms with Crippen molar-refractivity contribution in [2.24, 2.45) is 28.1 Å². The normalized spacial score (nSPS) is 55.9. The van der Waals surface area contributed by atoms with Crippen molar-refractivity contribution in [1.29, 1.82) is 0 Å². The third-order valence-electron chi connectivity index (χ3n) is 9.97. The predicted octanol–water partition coefficient (Wildman–Crippen LogP) is 4.75. The minimum Gasteiger partial charge on any atom is -0.228 e. The Morgan fingerprint density at radius 3 is 1.87 bits per heavy atom. The first-order chi connectivity index (χ1) is 10.4. The van der Waals surface area contributed by atoms with Crippen molar-refractivity contribution in [2.45, 2.75) is 84.1 Å². The van der Waals surface area contributed by atoms with Gasteiger partial charge in [-0.3, -0.25) is 0 Å². The Morgan fingerprint density at radius 2 is 1.48 bits per heavy atom. The van der Waals surface area contributed by atoms with Gasteiger partial charge in [0, 0.05) is 5.41 Å². The maximum Gasteiger partial charge on any atom is 0.164 e.